The lowest BCUT2D eigenvalue weighted by atomic mass is 9.99. The van der Waals surface area contributed by atoms with Gasteiger partial charge in [-0.15, -0.1) is 12.4 Å². The van der Waals surface area contributed by atoms with E-state index >= 15 is 0 Å². The van der Waals surface area contributed by atoms with Crippen molar-refractivity contribution in [2.75, 3.05) is 13.1 Å². The monoisotopic (exact) mass is 273 g/mol. The third-order valence-corrected chi connectivity index (χ3v) is 3.31. The lowest BCUT2D eigenvalue weighted by Gasteiger charge is -2.28. The van der Waals surface area contributed by atoms with Crippen molar-refractivity contribution in [3.05, 3.63) is 17.0 Å². The van der Waals surface area contributed by atoms with E-state index in [1.807, 2.05) is 13.8 Å². The van der Waals surface area contributed by atoms with Crippen LogP contribution in [0.15, 0.2) is 4.52 Å². The van der Waals surface area contributed by atoms with Gasteiger partial charge in [-0.25, -0.2) is 0 Å². The molecule has 18 heavy (non-hydrogen) atoms. The molecule has 0 aliphatic carbocycles. The van der Waals surface area contributed by atoms with Gasteiger partial charge in [0, 0.05) is 18.7 Å². The normalized spacial score (nSPS) is 16.6. The molecule has 1 aliphatic heterocycles. The molecule has 1 unspecified atom stereocenters. The number of carbonyl (C=O) groups excluding carboxylic acids is 1. The van der Waals surface area contributed by atoms with Crippen molar-refractivity contribution in [1.29, 1.82) is 0 Å². The summed E-state index contributed by atoms with van der Waals surface area (Å²) >= 11 is 0. The molecule has 5 nitrogen and oxygen atoms in total. The van der Waals surface area contributed by atoms with Crippen LogP contribution in [0.1, 0.15) is 36.4 Å². The van der Waals surface area contributed by atoms with Crippen LogP contribution in [-0.4, -0.2) is 24.2 Å². The van der Waals surface area contributed by atoms with E-state index in [1.54, 1.807) is 0 Å². The van der Waals surface area contributed by atoms with Crippen LogP contribution in [0.5, 0.6) is 0 Å². The minimum absolute atomic E-state index is 0. The van der Waals surface area contributed by atoms with Crippen LogP contribution in [0.2, 0.25) is 0 Å². The Morgan fingerprint density at radius 1 is 1.56 bits per heavy atom. The smallest absolute Gasteiger partial charge is 0.226 e. The summed E-state index contributed by atoms with van der Waals surface area (Å²) in [5.41, 5.74) is 1.88. The van der Waals surface area contributed by atoms with Gasteiger partial charge in [0.05, 0.1) is 17.7 Å². The number of amides is 1. The van der Waals surface area contributed by atoms with Crippen molar-refractivity contribution in [3.8, 4) is 0 Å². The summed E-state index contributed by atoms with van der Waals surface area (Å²) in [6.07, 6.45) is 0.842. The highest BCUT2D eigenvalue weighted by atomic mass is 35.5. The van der Waals surface area contributed by atoms with Crippen molar-refractivity contribution in [2.24, 2.45) is 5.92 Å². The molecule has 1 aromatic rings. The Labute approximate surface area is 113 Å². The Bertz CT molecular complexity index is 396. The average molecular weight is 274 g/mol. The van der Waals surface area contributed by atoms with Crippen molar-refractivity contribution in [3.63, 3.8) is 0 Å². The van der Waals surface area contributed by atoms with E-state index in [4.69, 9.17) is 4.52 Å². The van der Waals surface area contributed by atoms with E-state index < -0.39 is 0 Å². The Kier molecular flexibility index (Phi) is 5.16. The van der Waals surface area contributed by atoms with E-state index in [9.17, 15) is 4.79 Å². The number of rotatable bonds is 4. The summed E-state index contributed by atoms with van der Waals surface area (Å²) in [7, 11) is 0. The van der Waals surface area contributed by atoms with E-state index in [0.29, 0.717) is 0 Å². The number of halogens is 1. The Morgan fingerprint density at radius 3 is 2.61 bits per heavy atom. The molecule has 1 amide bonds. The Balaban J connectivity index is 0.00000162. The lowest BCUT2D eigenvalue weighted by Crippen LogP contribution is -2.51. The molecule has 2 heterocycles. The first kappa shape index (κ1) is 15.0. The fourth-order valence-corrected chi connectivity index (χ4v) is 2.13. The van der Waals surface area contributed by atoms with Gasteiger partial charge in [-0.1, -0.05) is 12.1 Å². The van der Waals surface area contributed by atoms with Gasteiger partial charge in [-0.05, 0) is 20.3 Å². The summed E-state index contributed by atoms with van der Waals surface area (Å²) in [6.45, 7) is 7.41. The highest BCUT2D eigenvalue weighted by Gasteiger charge is 2.28. The second-order valence-electron chi connectivity index (χ2n) is 4.56. The van der Waals surface area contributed by atoms with Gasteiger partial charge in [-0.2, -0.15) is 0 Å². The van der Waals surface area contributed by atoms with Crippen molar-refractivity contribution in [1.82, 2.24) is 15.8 Å². The molecule has 2 rings (SSSR count). The zero-order valence-corrected chi connectivity index (χ0v) is 11.8. The van der Waals surface area contributed by atoms with E-state index in [0.717, 1.165) is 36.5 Å². The third kappa shape index (κ3) is 2.84. The summed E-state index contributed by atoms with van der Waals surface area (Å²) in [4.78, 5) is 11.9. The number of carbonyl (C=O) groups is 1. The van der Waals surface area contributed by atoms with Crippen LogP contribution in [-0.2, 0) is 4.79 Å². The SMILES string of the molecule is CCC(NC(=O)C1CNC1)c1c(C)noc1C.Cl. The molecule has 1 aliphatic rings. The van der Waals surface area contributed by atoms with Crippen molar-refractivity contribution < 1.29 is 9.32 Å². The van der Waals surface area contributed by atoms with Crippen LogP contribution < -0.4 is 10.6 Å². The molecule has 0 aromatic carbocycles. The highest BCUT2D eigenvalue weighted by molar-refractivity contribution is 5.85. The summed E-state index contributed by atoms with van der Waals surface area (Å²) in [6, 6.07) is 0.00866. The molecule has 1 atom stereocenters. The van der Waals surface area contributed by atoms with Gasteiger partial charge in [0.1, 0.15) is 5.76 Å². The predicted molar refractivity (Wildman–Crippen MR) is 70.8 cm³/mol. The van der Waals surface area contributed by atoms with Crippen LogP contribution in [0, 0.1) is 19.8 Å². The van der Waals surface area contributed by atoms with E-state index in [-0.39, 0.29) is 30.3 Å². The number of aromatic nitrogens is 1. The summed E-state index contributed by atoms with van der Waals surface area (Å²) in [5.74, 6) is 1.03. The number of aryl methyl sites for hydroxylation is 2. The summed E-state index contributed by atoms with van der Waals surface area (Å²) < 4.78 is 5.15. The largest absolute Gasteiger partial charge is 0.361 e. The topological polar surface area (TPSA) is 67.2 Å². The van der Waals surface area contributed by atoms with Gasteiger partial charge >= 0.3 is 0 Å². The van der Waals surface area contributed by atoms with Gasteiger partial charge in [0.2, 0.25) is 5.91 Å². The maximum absolute atomic E-state index is 11.9. The lowest BCUT2D eigenvalue weighted by molar-refractivity contribution is -0.127. The number of hydrogen-bond acceptors (Lipinski definition) is 4. The molecule has 2 N–H and O–H groups in total. The Hall–Kier alpha value is -1.07. The molecular weight excluding hydrogens is 254 g/mol. The molecule has 0 radical (unpaired) electrons. The average Bonchev–Trinajstić information content (AvgIpc) is 2.53. The number of nitrogens with zero attached hydrogens (tertiary/aromatic N) is 1. The molecule has 0 bridgehead atoms. The Morgan fingerprint density at radius 2 is 2.22 bits per heavy atom. The second kappa shape index (κ2) is 6.20. The number of hydrogen-bond donors (Lipinski definition) is 2. The summed E-state index contributed by atoms with van der Waals surface area (Å²) in [5, 5.41) is 10.1. The van der Waals surface area contributed by atoms with Crippen molar-refractivity contribution in [2.45, 2.75) is 33.2 Å². The zero-order valence-electron chi connectivity index (χ0n) is 10.9. The minimum Gasteiger partial charge on any atom is -0.361 e. The standard InChI is InChI=1S/C12H19N3O2.ClH/c1-4-10(11-7(2)15-17-8(11)3)14-12(16)9-5-13-6-9;/h9-10,13H,4-6H2,1-3H3,(H,14,16);1H. The van der Waals surface area contributed by atoms with E-state index in [1.165, 1.54) is 0 Å². The van der Waals surface area contributed by atoms with Gasteiger partial charge in [-0.3, -0.25) is 4.79 Å². The molecule has 0 saturated carbocycles. The first-order valence-electron chi connectivity index (χ1n) is 6.07. The highest BCUT2D eigenvalue weighted by Crippen LogP contribution is 2.24. The molecule has 1 fully saturated rings. The van der Waals surface area contributed by atoms with Crippen LogP contribution in [0.25, 0.3) is 0 Å². The first-order valence-corrected chi connectivity index (χ1v) is 6.07. The first-order chi connectivity index (χ1) is 8.13. The molecular formula is C12H20ClN3O2. The maximum atomic E-state index is 11.9. The van der Waals surface area contributed by atoms with Gasteiger partial charge in [0.15, 0.2) is 0 Å². The van der Waals surface area contributed by atoms with Crippen LogP contribution >= 0.6 is 12.4 Å². The maximum Gasteiger partial charge on any atom is 0.226 e. The second-order valence-corrected chi connectivity index (χ2v) is 4.56. The quantitative estimate of drug-likeness (QED) is 0.872. The molecule has 6 heteroatoms. The predicted octanol–water partition coefficient (Wildman–Crippen LogP) is 1.50. The minimum atomic E-state index is 0. The fourth-order valence-electron chi connectivity index (χ4n) is 2.13. The zero-order chi connectivity index (χ0) is 12.4. The molecule has 102 valence electrons. The van der Waals surface area contributed by atoms with Gasteiger partial charge in [0.25, 0.3) is 0 Å². The fraction of sp³-hybridized carbons (Fsp3) is 0.667. The molecule has 1 saturated heterocycles. The van der Waals surface area contributed by atoms with Crippen molar-refractivity contribution >= 4 is 18.3 Å². The van der Waals surface area contributed by atoms with E-state index in [2.05, 4.69) is 22.7 Å². The number of nitrogens with one attached hydrogen (secondary N) is 2. The molecule has 1 aromatic heterocycles. The third-order valence-electron chi connectivity index (χ3n) is 3.31. The van der Waals surface area contributed by atoms with Crippen LogP contribution in [0.4, 0.5) is 0 Å². The molecule has 0 spiro atoms. The van der Waals surface area contributed by atoms with Crippen LogP contribution in [0.3, 0.4) is 0 Å². The van der Waals surface area contributed by atoms with Gasteiger partial charge < -0.3 is 15.2 Å².